The van der Waals surface area contributed by atoms with Crippen molar-refractivity contribution in [3.05, 3.63) is 0 Å². The Hall–Kier alpha value is 0.490. The predicted molar refractivity (Wildman–Crippen MR) is 45.5 cm³/mol. The molecular formula is C5H13O4PS. The second-order valence-electron chi connectivity index (χ2n) is 1.78. The monoisotopic (exact) mass is 200 g/mol. The van der Waals surface area contributed by atoms with Crippen LogP contribution in [-0.2, 0) is 25.9 Å². The summed E-state index contributed by atoms with van der Waals surface area (Å²) in [4.78, 5) is 13.7. The first kappa shape index (κ1) is 11.5. The Morgan fingerprint density at radius 1 is 1.45 bits per heavy atom. The standard InChI is InChI=1S/C5H13O4PS/c1-3-5-7-9-10(6,11)8-4-2/h3-5H2,1-2H3,(H,6,11). The van der Waals surface area contributed by atoms with E-state index in [1.165, 1.54) is 0 Å². The van der Waals surface area contributed by atoms with Gasteiger partial charge in [-0.1, -0.05) is 6.92 Å². The van der Waals surface area contributed by atoms with Crippen molar-refractivity contribution >= 4 is 18.5 Å². The van der Waals surface area contributed by atoms with Crippen LogP contribution in [0.25, 0.3) is 0 Å². The molecule has 0 aromatic rings. The molecule has 6 heteroatoms. The van der Waals surface area contributed by atoms with Crippen LogP contribution in [-0.4, -0.2) is 18.1 Å². The SMILES string of the molecule is CCCOOP(O)(=S)OCC. The zero-order valence-corrected chi connectivity index (χ0v) is 8.36. The van der Waals surface area contributed by atoms with Gasteiger partial charge in [-0.3, -0.25) is 0 Å². The fourth-order valence-corrected chi connectivity index (χ4v) is 1.39. The minimum atomic E-state index is -3.11. The molecule has 0 saturated heterocycles. The van der Waals surface area contributed by atoms with E-state index in [0.717, 1.165) is 6.42 Å². The minimum absolute atomic E-state index is 0.323. The van der Waals surface area contributed by atoms with Crippen LogP contribution in [0.4, 0.5) is 0 Å². The van der Waals surface area contributed by atoms with Crippen molar-refractivity contribution in [1.29, 1.82) is 0 Å². The molecule has 0 saturated carbocycles. The first-order valence-corrected chi connectivity index (χ1v) is 6.00. The van der Waals surface area contributed by atoms with Gasteiger partial charge in [0.05, 0.1) is 13.2 Å². The molecule has 0 radical (unpaired) electrons. The van der Waals surface area contributed by atoms with E-state index in [2.05, 4.69) is 21.4 Å². The summed E-state index contributed by atoms with van der Waals surface area (Å²) in [6, 6.07) is 0. The molecule has 11 heavy (non-hydrogen) atoms. The maximum Gasteiger partial charge on any atom is 0.353 e. The van der Waals surface area contributed by atoms with E-state index in [1.54, 1.807) is 6.92 Å². The average molecular weight is 200 g/mol. The lowest BCUT2D eigenvalue weighted by atomic mass is 10.5. The smallest absolute Gasteiger partial charge is 0.323 e. The van der Waals surface area contributed by atoms with Gasteiger partial charge in [-0.05, 0) is 25.2 Å². The van der Waals surface area contributed by atoms with Gasteiger partial charge in [-0.15, -0.1) is 4.67 Å². The lowest BCUT2D eigenvalue weighted by Gasteiger charge is -2.12. The quantitative estimate of drug-likeness (QED) is 0.305. The lowest BCUT2D eigenvalue weighted by molar-refractivity contribution is -0.215. The van der Waals surface area contributed by atoms with Gasteiger partial charge in [0.15, 0.2) is 0 Å². The lowest BCUT2D eigenvalue weighted by Crippen LogP contribution is -1.96. The van der Waals surface area contributed by atoms with E-state index in [0.29, 0.717) is 13.2 Å². The van der Waals surface area contributed by atoms with Crippen molar-refractivity contribution in [3.63, 3.8) is 0 Å². The van der Waals surface area contributed by atoms with Crippen molar-refractivity contribution in [2.75, 3.05) is 13.2 Å². The van der Waals surface area contributed by atoms with E-state index in [-0.39, 0.29) is 0 Å². The van der Waals surface area contributed by atoms with Gasteiger partial charge in [0, 0.05) is 0 Å². The Balaban J connectivity index is 3.47. The summed E-state index contributed by atoms with van der Waals surface area (Å²) in [6.45, 7) is 1.26. The zero-order valence-electron chi connectivity index (χ0n) is 6.65. The topological polar surface area (TPSA) is 47.9 Å². The largest absolute Gasteiger partial charge is 0.353 e. The Morgan fingerprint density at radius 3 is 2.55 bits per heavy atom. The molecule has 0 rings (SSSR count). The van der Waals surface area contributed by atoms with Gasteiger partial charge >= 0.3 is 6.72 Å². The molecule has 0 aromatic carbocycles. The third-order valence-corrected chi connectivity index (χ3v) is 2.10. The maximum atomic E-state index is 9.10. The zero-order chi connectivity index (χ0) is 8.74. The number of rotatable bonds is 6. The van der Waals surface area contributed by atoms with Crippen LogP contribution in [0.3, 0.4) is 0 Å². The molecule has 4 nitrogen and oxygen atoms in total. The van der Waals surface area contributed by atoms with Gasteiger partial charge in [0.2, 0.25) is 0 Å². The summed E-state index contributed by atoms with van der Waals surface area (Å²) in [5, 5.41) is 0. The summed E-state index contributed by atoms with van der Waals surface area (Å²) in [5.41, 5.74) is 0. The number of hydrogen-bond donors (Lipinski definition) is 1. The molecule has 0 aliphatic carbocycles. The molecule has 0 amide bonds. The van der Waals surface area contributed by atoms with Crippen LogP contribution >= 0.6 is 6.72 Å². The van der Waals surface area contributed by atoms with Gasteiger partial charge in [0.25, 0.3) is 0 Å². The first-order chi connectivity index (χ1) is 5.12. The fraction of sp³-hybridized carbons (Fsp3) is 1.00. The van der Waals surface area contributed by atoms with Crippen LogP contribution in [0.15, 0.2) is 0 Å². The molecule has 0 aliphatic heterocycles. The van der Waals surface area contributed by atoms with Crippen LogP contribution < -0.4 is 0 Å². The summed E-state index contributed by atoms with van der Waals surface area (Å²) in [5.74, 6) is 0. The molecule has 0 bridgehead atoms. The molecular weight excluding hydrogens is 187 g/mol. The second-order valence-corrected chi connectivity index (χ2v) is 4.51. The predicted octanol–water partition coefficient (Wildman–Crippen LogP) is 1.60. The van der Waals surface area contributed by atoms with E-state index < -0.39 is 6.72 Å². The molecule has 1 N–H and O–H groups in total. The fourth-order valence-electron chi connectivity index (χ4n) is 0.372. The first-order valence-electron chi connectivity index (χ1n) is 3.41. The van der Waals surface area contributed by atoms with Crippen molar-refractivity contribution in [2.45, 2.75) is 20.3 Å². The molecule has 0 spiro atoms. The van der Waals surface area contributed by atoms with Gasteiger partial charge in [0.1, 0.15) is 0 Å². The molecule has 0 fully saturated rings. The van der Waals surface area contributed by atoms with Crippen molar-refractivity contribution in [2.24, 2.45) is 0 Å². The highest BCUT2D eigenvalue weighted by molar-refractivity contribution is 8.07. The van der Waals surface area contributed by atoms with Crippen LogP contribution in [0.1, 0.15) is 20.3 Å². The molecule has 0 aliphatic rings. The van der Waals surface area contributed by atoms with E-state index >= 15 is 0 Å². The van der Waals surface area contributed by atoms with Crippen LogP contribution in [0, 0.1) is 0 Å². The maximum absolute atomic E-state index is 9.10. The summed E-state index contributed by atoms with van der Waals surface area (Å²) < 4.78 is 9.18. The molecule has 0 heterocycles. The Labute approximate surface area is 71.6 Å². The Kier molecular flexibility index (Phi) is 6.33. The van der Waals surface area contributed by atoms with E-state index in [1.807, 2.05) is 6.92 Å². The summed E-state index contributed by atoms with van der Waals surface area (Å²) in [7, 11) is 0. The van der Waals surface area contributed by atoms with Gasteiger partial charge in [-0.25, -0.2) is 4.89 Å². The van der Waals surface area contributed by atoms with Crippen molar-refractivity contribution in [3.8, 4) is 0 Å². The highest BCUT2D eigenvalue weighted by Gasteiger charge is 2.14. The highest BCUT2D eigenvalue weighted by Crippen LogP contribution is 2.43. The van der Waals surface area contributed by atoms with Crippen molar-refractivity contribution in [1.82, 2.24) is 0 Å². The van der Waals surface area contributed by atoms with E-state index in [9.17, 15) is 0 Å². The van der Waals surface area contributed by atoms with Gasteiger partial charge in [-0.2, -0.15) is 0 Å². The molecule has 1 unspecified atom stereocenters. The molecule has 68 valence electrons. The Morgan fingerprint density at radius 2 is 2.09 bits per heavy atom. The van der Waals surface area contributed by atoms with E-state index in [4.69, 9.17) is 9.42 Å². The van der Waals surface area contributed by atoms with Crippen molar-refractivity contribution < 1.29 is 19.0 Å². The van der Waals surface area contributed by atoms with Crippen LogP contribution in [0.2, 0.25) is 0 Å². The second kappa shape index (κ2) is 6.06. The minimum Gasteiger partial charge on any atom is -0.323 e. The normalized spacial score (nSPS) is 16.3. The average Bonchev–Trinajstić information content (AvgIpc) is 1.87. The molecule has 1 atom stereocenters. The van der Waals surface area contributed by atoms with Gasteiger partial charge < -0.3 is 9.42 Å². The summed E-state index contributed by atoms with van der Waals surface area (Å²) in [6.07, 6.45) is 0.807. The number of hydrogen-bond acceptors (Lipinski definition) is 4. The molecule has 0 aromatic heterocycles. The third kappa shape index (κ3) is 6.87. The Bertz CT molecular complexity index is 140. The van der Waals surface area contributed by atoms with Crippen LogP contribution in [0.5, 0.6) is 0 Å². The third-order valence-electron chi connectivity index (χ3n) is 0.727. The highest BCUT2D eigenvalue weighted by atomic mass is 32.5. The summed E-state index contributed by atoms with van der Waals surface area (Å²) >= 11 is 4.55.